The molecule has 48 heavy (non-hydrogen) atoms. The van der Waals surface area contributed by atoms with Crippen molar-refractivity contribution in [2.75, 3.05) is 5.75 Å². The van der Waals surface area contributed by atoms with Gasteiger partial charge in [-0.15, -0.1) is 0 Å². The Kier molecular flexibility index (Phi) is 9.12. The fourth-order valence-corrected chi connectivity index (χ4v) is 9.71. The summed E-state index contributed by atoms with van der Waals surface area (Å²) in [6.45, 7) is 4.72. The smallest absolute Gasteiger partial charge is 0.339 e. The third-order valence-electron chi connectivity index (χ3n) is 10.8. The van der Waals surface area contributed by atoms with Gasteiger partial charge in [0.2, 0.25) is 5.78 Å². The summed E-state index contributed by atoms with van der Waals surface area (Å²) in [6, 6.07) is 20.8. The van der Waals surface area contributed by atoms with Crippen LogP contribution in [0.25, 0.3) is 21.8 Å². The van der Waals surface area contributed by atoms with E-state index >= 15 is 0 Å². The van der Waals surface area contributed by atoms with Crippen molar-refractivity contribution in [3.05, 3.63) is 83.4 Å². The average Bonchev–Trinajstić information content (AvgIpc) is 3.39. The minimum Gasteiger partial charge on any atom is -0.341 e. The Hall–Kier alpha value is -4.04. The highest BCUT2D eigenvalue weighted by Crippen LogP contribution is 2.61. The molecule has 1 aromatic heterocycles. The van der Waals surface area contributed by atoms with Crippen LogP contribution in [-0.4, -0.2) is 38.7 Å². The molecule has 8 rings (SSSR count). The molecule has 4 fully saturated rings. The molecular weight excluding hydrogens is 621 g/mol. The molecule has 4 aliphatic rings. The molecule has 248 valence electrons. The first-order chi connectivity index (χ1) is 23.3. The number of ketones is 2. The molecule has 0 amide bonds. The lowest BCUT2D eigenvalue weighted by Gasteiger charge is -2.56. The highest BCUT2D eigenvalue weighted by Gasteiger charge is 2.54. The number of hydrogen-bond acceptors (Lipinski definition) is 7. The Morgan fingerprint density at radius 3 is 2.02 bits per heavy atom. The van der Waals surface area contributed by atoms with Crippen LogP contribution < -0.4 is 0 Å². The maximum absolute atomic E-state index is 14.3. The van der Waals surface area contributed by atoms with Crippen LogP contribution in [0.2, 0.25) is 0 Å². The van der Waals surface area contributed by atoms with Crippen molar-refractivity contribution in [2.45, 2.75) is 78.2 Å². The first-order valence-electron chi connectivity index (χ1n) is 17.4. The van der Waals surface area contributed by atoms with Crippen molar-refractivity contribution < 1.29 is 24.0 Å². The van der Waals surface area contributed by atoms with E-state index < -0.39 is 11.8 Å². The van der Waals surface area contributed by atoms with Gasteiger partial charge in [-0.25, -0.2) is 4.79 Å². The van der Waals surface area contributed by atoms with Gasteiger partial charge in [-0.2, -0.15) is 0 Å². The van der Waals surface area contributed by atoms with Gasteiger partial charge >= 0.3 is 5.97 Å². The largest absolute Gasteiger partial charge is 0.341 e. The second-order valence-corrected chi connectivity index (χ2v) is 15.4. The topological polar surface area (TPSA) is 94.8 Å². The number of rotatable bonds is 12. The highest BCUT2D eigenvalue weighted by molar-refractivity contribution is 8.13. The summed E-state index contributed by atoms with van der Waals surface area (Å²) in [4.78, 5) is 58.5. The van der Waals surface area contributed by atoms with Gasteiger partial charge in [0.1, 0.15) is 5.71 Å². The van der Waals surface area contributed by atoms with Crippen LogP contribution in [0.1, 0.15) is 91.5 Å². The maximum atomic E-state index is 14.3. The van der Waals surface area contributed by atoms with Crippen LogP contribution in [0.3, 0.4) is 0 Å². The zero-order valence-corrected chi connectivity index (χ0v) is 28.5. The van der Waals surface area contributed by atoms with E-state index in [1.807, 2.05) is 61.5 Å². The summed E-state index contributed by atoms with van der Waals surface area (Å²) in [6.07, 6.45) is 7.09. The Balaban J connectivity index is 1.21. The van der Waals surface area contributed by atoms with E-state index in [0.29, 0.717) is 29.1 Å². The molecule has 4 bridgehead atoms. The van der Waals surface area contributed by atoms with E-state index in [1.54, 1.807) is 6.07 Å². The molecule has 1 heterocycles. The van der Waals surface area contributed by atoms with E-state index in [2.05, 4.69) is 22.7 Å². The zero-order valence-electron chi connectivity index (χ0n) is 27.7. The third-order valence-corrected chi connectivity index (χ3v) is 11.6. The fraction of sp³-hybridized carbons (Fsp3) is 0.425. The lowest BCUT2D eigenvalue weighted by molar-refractivity contribution is -0.142. The van der Waals surface area contributed by atoms with Crippen molar-refractivity contribution in [2.24, 2.45) is 28.3 Å². The van der Waals surface area contributed by atoms with Gasteiger partial charge in [-0.1, -0.05) is 54.2 Å². The average molecular weight is 663 g/mol. The Bertz CT molecular complexity index is 1910. The van der Waals surface area contributed by atoms with E-state index in [9.17, 15) is 19.2 Å². The highest BCUT2D eigenvalue weighted by atomic mass is 32.2. The van der Waals surface area contributed by atoms with Gasteiger partial charge < -0.3 is 9.40 Å². The van der Waals surface area contributed by atoms with Gasteiger partial charge in [0.15, 0.2) is 10.9 Å². The molecular formula is C40H42N2O5S. The molecule has 3 aromatic carbocycles. The molecule has 7 nitrogen and oxygen atoms in total. The molecule has 0 radical (unpaired) electrons. The minimum atomic E-state index is -0.585. The zero-order chi connectivity index (χ0) is 33.4. The minimum absolute atomic E-state index is 0.0171. The van der Waals surface area contributed by atoms with E-state index in [4.69, 9.17) is 4.84 Å². The number of thioether (sulfide) groups is 1. The van der Waals surface area contributed by atoms with Gasteiger partial charge in [-0.3, -0.25) is 14.4 Å². The molecule has 4 saturated carbocycles. The van der Waals surface area contributed by atoms with Crippen molar-refractivity contribution >= 4 is 61.9 Å². The number of carbonyl (C=O) groups excluding carboxylic acids is 4. The van der Waals surface area contributed by atoms with Crippen LogP contribution in [0.15, 0.2) is 71.9 Å². The summed E-state index contributed by atoms with van der Waals surface area (Å²) in [5.74, 6) is 2.00. The lowest BCUT2D eigenvalue weighted by Crippen LogP contribution is -2.50. The molecule has 0 atom stereocenters. The number of nitrogens with zero attached hydrogens (tertiary/aromatic N) is 2. The number of fused-ring (bicyclic) bond motifs is 3. The Morgan fingerprint density at radius 1 is 0.812 bits per heavy atom. The quantitative estimate of drug-likeness (QED) is 0.0653. The number of aromatic nitrogens is 1. The lowest BCUT2D eigenvalue weighted by atomic mass is 9.48. The molecule has 0 aliphatic heterocycles. The second-order valence-electron chi connectivity index (χ2n) is 14.0. The summed E-state index contributed by atoms with van der Waals surface area (Å²) in [7, 11) is 0. The summed E-state index contributed by atoms with van der Waals surface area (Å²) >= 11 is 1.19. The van der Waals surface area contributed by atoms with E-state index in [0.717, 1.165) is 58.7 Å². The van der Waals surface area contributed by atoms with Crippen LogP contribution in [0, 0.1) is 23.2 Å². The summed E-state index contributed by atoms with van der Waals surface area (Å²) in [5.41, 5.74) is 3.72. The van der Waals surface area contributed by atoms with Gasteiger partial charge in [-0.05, 0) is 111 Å². The third kappa shape index (κ3) is 6.27. The van der Waals surface area contributed by atoms with Gasteiger partial charge in [0, 0.05) is 57.7 Å². The molecule has 0 saturated heterocycles. The van der Waals surface area contributed by atoms with Gasteiger partial charge in [0.25, 0.3) is 0 Å². The van der Waals surface area contributed by atoms with Crippen molar-refractivity contribution in [3.8, 4) is 0 Å². The molecule has 4 aliphatic carbocycles. The van der Waals surface area contributed by atoms with Crippen LogP contribution in [-0.2, 0) is 27.4 Å². The van der Waals surface area contributed by atoms with E-state index in [-0.39, 0.29) is 41.3 Å². The molecule has 0 spiro atoms. The first-order valence-corrected chi connectivity index (χ1v) is 18.4. The van der Waals surface area contributed by atoms with Crippen molar-refractivity contribution in [1.82, 2.24) is 4.57 Å². The van der Waals surface area contributed by atoms with E-state index in [1.165, 1.54) is 31.0 Å². The number of oxime groups is 1. The second kappa shape index (κ2) is 13.5. The molecule has 4 aromatic rings. The standard InChI is InChI=1S/C40H42N2O5S/c1-3-42-34-13-10-29(38(45)33(12-15-37(44)48-4-2)41-47-36(43)19-25-8-6-5-7-9-25)20-31(34)32-21-30(11-14-35(32)42)39(46)40-22-26-16-27(23-40)18-28(17-26)24-40/h5-11,13-14,20-21,26-28H,3-4,12,15-19,22-24H2,1-2H3. The molecule has 0 unspecified atom stereocenters. The van der Waals surface area contributed by atoms with Crippen LogP contribution in [0.5, 0.6) is 0 Å². The molecule has 0 N–H and O–H groups in total. The van der Waals surface area contributed by atoms with Crippen molar-refractivity contribution in [3.63, 3.8) is 0 Å². The van der Waals surface area contributed by atoms with Crippen LogP contribution >= 0.6 is 11.8 Å². The fourth-order valence-electron chi connectivity index (χ4n) is 9.14. The summed E-state index contributed by atoms with van der Waals surface area (Å²) in [5, 5.41) is 5.80. The number of hydrogen-bond donors (Lipinski definition) is 0. The molecule has 8 heteroatoms. The monoisotopic (exact) mass is 662 g/mol. The normalized spacial score (nSPS) is 23.1. The van der Waals surface area contributed by atoms with Crippen LogP contribution in [0.4, 0.5) is 0 Å². The number of carbonyl (C=O) groups is 4. The summed E-state index contributed by atoms with van der Waals surface area (Å²) < 4.78 is 2.21. The number of aryl methyl sites for hydroxylation is 1. The Morgan fingerprint density at radius 2 is 1.42 bits per heavy atom. The number of benzene rings is 3. The SMILES string of the molecule is CCSC(=O)CCC(=NOC(=O)Cc1ccccc1)C(=O)c1ccc2c(c1)c1cc(C(=O)C34CC5CC(CC(C5)C3)C4)ccc1n2CC. The van der Waals surface area contributed by atoms with Gasteiger partial charge in [0.05, 0.1) is 6.42 Å². The van der Waals surface area contributed by atoms with Crippen molar-refractivity contribution in [1.29, 1.82) is 0 Å². The first kappa shape index (κ1) is 32.5. The Labute approximate surface area is 285 Å². The maximum Gasteiger partial charge on any atom is 0.339 e. The predicted octanol–water partition coefficient (Wildman–Crippen LogP) is 8.60. The predicted molar refractivity (Wildman–Crippen MR) is 190 cm³/mol. The number of Topliss-reactive ketones (excluding diaryl/α,β-unsaturated/α-hetero) is 2.